The lowest BCUT2D eigenvalue weighted by Gasteiger charge is -2.32. The summed E-state index contributed by atoms with van der Waals surface area (Å²) in [6, 6.07) is 7.05. The second-order valence-electron chi connectivity index (χ2n) is 6.94. The van der Waals surface area contributed by atoms with Crippen molar-refractivity contribution in [3.05, 3.63) is 29.3 Å². The fourth-order valence-electron chi connectivity index (χ4n) is 4.06. The quantitative estimate of drug-likeness (QED) is 0.885. The lowest BCUT2D eigenvalue weighted by atomic mass is 9.76. The van der Waals surface area contributed by atoms with Gasteiger partial charge in [0.2, 0.25) is 0 Å². The fourth-order valence-corrected chi connectivity index (χ4v) is 4.06. The van der Waals surface area contributed by atoms with E-state index < -0.39 is 0 Å². The molecule has 1 heterocycles. The monoisotopic (exact) mass is 287 g/mol. The van der Waals surface area contributed by atoms with Crippen LogP contribution in [0.15, 0.2) is 18.2 Å². The number of rotatable bonds is 5. The molecule has 116 valence electrons. The van der Waals surface area contributed by atoms with Crippen LogP contribution in [0.2, 0.25) is 0 Å². The molecule has 1 aliphatic carbocycles. The minimum absolute atomic E-state index is 0.379. The summed E-state index contributed by atoms with van der Waals surface area (Å²) >= 11 is 0. The van der Waals surface area contributed by atoms with Gasteiger partial charge in [0.1, 0.15) is 5.75 Å². The average molecular weight is 287 g/mol. The molecule has 2 aliphatic rings. The molecule has 2 heteroatoms. The molecule has 1 aromatic rings. The van der Waals surface area contributed by atoms with Gasteiger partial charge < -0.3 is 10.5 Å². The van der Waals surface area contributed by atoms with E-state index in [0.29, 0.717) is 6.04 Å². The Balaban J connectivity index is 1.52. The zero-order valence-electron chi connectivity index (χ0n) is 13.3. The van der Waals surface area contributed by atoms with Crippen molar-refractivity contribution in [3.63, 3.8) is 0 Å². The normalized spacial score (nSPS) is 26.2. The van der Waals surface area contributed by atoms with Crippen LogP contribution in [-0.4, -0.2) is 12.6 Å². The maximum absolute atomic E-state index is 6.50. The highest BCUT2D eigenvalue weighted by atomic mass is 16.5. The van der Waals surface area contributed by atoms with Gasteiger partial charge in [0.15, 0.2) is 0 Å². The van der Waals surface area contributed by atoms with E-state index in [1.165, 1.54) is 43.2 Å². The standard InChI is InChI=1S/C19H29NO/c1-2-14-4-3-5-16(12-14)18(20)8-6-15-7-9-19-17(13-15)10-11-21-19/h7,9,13-14,16,18H,2-6,8,10-12,20H2,1H3. The van der Waals surface area contributed by atoms with Gasteiger partial charge in [0, 0.05) is 12.5 Å². The molecule has 0 aromatic heterocycles. The highest BCUT2D eigenvalue weighted by molar-refractivity contribution is 5.39. The molecule has 3 atom stereocenters. The first-order chi connectivity index (χ1) is 10.3. The molecular weight excluding hydrogens is 258 g/mol. The summed E-state index contributed by atoms with van der Waals surface area (Å²) in [5.41, 5.74) is 9.31. The van der Waals surface area contributed by atoms with E-state index in [9.17, 15) is 0 Å². The molecule has 2 N–H and O–H groups in total. The van der Waals surface area contributed by atoms with Gasteiger partial charge in [-0.3, -0.25) is 0 Å². The van der Waals surface area contributed by atoms with Crippen LogP contribution in [0.3, 0.4) is 0 Å². The van der Waals surface area contributed by atoms with E-state index in [1.807, 2.05) is 0 Å². The van der Waals surface area contributed by atoms with Crippen molar-refractivity contribution in [2.24, 2.45) is 17.6 Å². The Morgan fingerprint density at radius 1 is 1.33 bits per heavy atom. The number of ether oxygens (including phenoxy) is 1. The lowest BCUT2D eigenvalue weighted by molar-refractivity contribution is 0.224. The Morgan fingerprint density at radius 3 is 3.10 bits per heavy atom. The summed E-state index contributed by atoms with van der Waals surface area (Å²) in [4.78, 5) is 0. The Bertz CT molecular complexity index is 471. The minimum Gasteiger partial charge on any atom is -0.493 e. The summed E-state index contributed by atoms with van der Waals surface area (Å²) in [6.45, 7) is 3.17. The third-order valence-corrected chi connectivity index (χ3v) is 5.53. The summed E-state index contributed by atoms with van der Waals surface area (Å²) < 4.78 is 5.57. The van der Waals surface area contributed by atoms with Crippen LogP contribution >= 0.6 is 0 Å². The number of fused-ring (bicyclic) bond motifs is 1. The molecule has 1 aliphatic heterocycles. The van der Waals surface area contributed by atoms with E-state index in [0.717, 1.165) is 43.5 Å². The highest BCUT2D eigenvalue weighted by Gasteiger charge is 2.25. The zero-order chi connectivity index (χ0) is 14.7. The van der Waals surface area contributed by atoms with Crippen molar-refractivity contribution in [2.45, 2.75) is 64.3 Å². The number of hydrogen-bond donors (Lipinski definition) is 1. The van der Waals surface area contributed by atoms with Crippen molar-refractivity contribution in [1.82, 2.24) is 0 Å². The second kappa shape index (κ2) is 6.83. The first-order valence-electron chi connectivity index (χ1n) is 8.76. The van der Waals surface area contributed by atoms with Crippen molar-refractivity contribution < 1.29 is 4.74 Å². The number of hydrogen-bond acceptors (Lipinski definition) is 2. The van der Waals surface area contributed by atoms with Gasteiger partial charge in [-0.2, -0.15) is 0 Å². The molecule has 3 rings (SSSR count). The van der Waals surface area contributed by atoms with Crippen LogP contribution in [-0.2, 0) is 12.8 Å². The van der Waals surface area contributed by atoms with E-state index in [1.54, 1.807) is 0 Å². The molecule has 21 heavy (non-hydrogen) atoms. The maximum atomic E-state index is 6.50. The molecule has 0 bridgehead atoms. The van der Waals surface area contributed by atoms with Crippen molar-refractivity contribution in [3.8, 4) is 5.75 Å². The topological polar surface area (TPSA) is 35.2 Å². The second-order valence-corrected chi connectivity index (χ2v) is 6.94. The average Bonchev–Trinajstić information content (AvgIpc) is 3.00. The van der Waals surface area contributed by atoms with E-state index in [-0.39, 0.29) is 0 Å². The molecule has 1 saturated carbocycles. The van der Waals surface area contributed by atoms with Crippen molar-refractivity contribution in [2.75, 3.05) is 6.61 Å². The number of aryl methyl sites for hydroxylation is 1. The highest BCUT2D eigenvalue weighted by Crippen LogP contribution is 2.33. The molecule has 2 nitrogen and oxygen atoms in total. The fraction of sp³-hybridized carbons (Fsp3) is 0.684. The van der Waals surface area contributed by atoms with Crippen LogP contribution in [0.5, 0.6) is 5.75 Å². The summed E-state index contributed by atoms with van der Waals surface area (Å²) in [7, 11) is 0. The summed E-state index contributed by atoms with van der Waals surface area (Å²) in [6.07, 6.45) is 10.1. The molecule has 1 aromatic carbocycles. The smallest absolute Gasteiger partial charge is 0.122 e. The SMILES string of the molecule is CCC1CCCC(C(N)CCc2ccc3c(c2)CCO3)C1. The minimum atomic E-state index is 0.379. The lowest BCUT2D eigenvalue weighted by Crippen LogP contribution is -2.34. The molecule has 0 amide bonds. The Labute approximate surface area is 129 Å². The molecular formula is C19H29NO. The third kappa shape index (κ3) is 3.60. The van der Waals surface area contributed by atoms with Gasteiger partial charge in [0.25, 0.3) is 0 Å². The third-order valence-electron chi connectivity index (χ3n) is 5.53. The first kappa shape index (κ1) is 14.9. The van der Waals surface area contributed by atoms with Crippen LogP contribution in [0, 0.1) is 11.8 Å². The molecule has 0 spiro atoms. The van der Waals surface area contributed by atoms with Crippen LogP contribution in [0.4, 0.5) is 0 Å². The molecule has 1 fully saturated rings. The van der Waals surface area contributed by atoms with Gasteiger partial charge in [-0.15, -0.1) is 0 Å². The first-order valence-corrected chi connectivity index (χ1v) is 8.76. The van der Waals surface area contributed by atoms with Gasteiger partial charge in [-0.25, -0.2) is 0 Å². The predicted molar refractivity (Wildman–Crippen MR) is 87.7 cm³/mol. The number of nitrogens with two attached hydrogens (primary N) is 1. The largest absolute Gasteiger partial charge is 0.493 e. The molecule has 3 unspecified atom stereocenters. The van der Waals surface area contributed by atoms with Crippen LogP contribution < -0.4 is 10.5 Å². The summed E-state index contributed by atoms with van der Waals surface area (Å²) in [5.74, 6) is 2.76. The zero-order valence-corrected chi connectivity index (χ0v) is 13.3. The van der Waals surface area contributed by atoms with E-state index >= 15 is 0 Å². The van der Waals surface area contributed by atoms with Gasteiger partial charge in [0.05, 0.1) is 6.61 Å². The van der Waals surface area contributed by atoms with E-state index in [2.05, 4.69) is 25.1 Å². The Morgan fingerprint density at radius 2 is 2.24 bits per heavy atom. The van der Waals surface area contributed by atoms with Crippen LogP contribution in [0.1, 0.15) is 56.6 Å². The summed E-state index contributed by atoms with van der Waals surface area (Å²) in [5, 5.41) is 0. The van der Waals surface area contributed by atoms with Gasteiger partial charge >= 0.3 is 0 Å². The van der Waals surface area contributed by atoms with Gasteiger partial charge in [-0.1, -0.05) is 38.3 Å². The molecule has 0 saturated heterocycles. The number of benzene rings is 1. The van der Waals surface area contributed by atoms with Crippen LogP contribution in [0.25, 0.3) is 0 Å². The van der Waals surface area contributed by atoms with Crippen molar-refractivity contribution in [1.29, 1.82) is 0 Å². The molecule has 0 radical (unpaired) electrons. The Hall–Kier alpha value is -1.02. The predicted octanol–water partition coefficient (Wildman–Crippen LogP) is 4.10. The van der Waals surface area contributed by atoms with Gasteiger partial charge in [-0.05, 0) is 54.7 Å². The van der Waals surface area contributed by atoms with E-state index in [4.69, 9.17) is 10.5 Å². The Kier molecular flexibility index (Phi) is 4.84. The maximum Gasteiger partial charge on any atom is 0.122 e. The van der Waals surface area contributed by atoms with Crippen molar-refractivity contribution >= 4 is 0 Å².